The fourth-order valence-corrected chi connectivity index (χ4v) is 5.46. The zero-order valence-electron chi connectivity index (χ0n) is 21.0. The number of benzene rings is 2. The molecule has 0 amide bonds. The number of alkyl halides is 3. The number of carbonyl (C=O) groups excluding carboxylic acids is 1. The Hall–Kier alpha value is -3.06. The molecule has 2 heterocycles. The zero-order valence-corrected chi connectivity index (χ0v) is 22.7. The fraction of sp³-hybridized carbons (Fsp3) is 0.296. The number of para-hydroxylation sites is 3. The largest absolute Gasteiger partial charge is 0.426 e. The first-order valence-electron chi connectivity index (χ1n) is 12.0. The van der Waals surface area contributed by atoms with Crippen LogP contribution in [0.25, 0.3) is 11.0 Å². The van der Waals surface area contributed by atoms with Crippen molar-refractivity contribution in [1.82, 2.24) is 14.5 Å². The van der Waals surface area contributed by atoms with E-state index >= 15 is 0 Å². The smallest absolute Gasteiger partial charge is 0.410 e. The highest BCUT2D eigenvalue weighted by atomic mass is 32.2. The van der Waals surface area contributed by atoms with E-state index in [1.54, 1.807) is 42.2 Å². The van der Waals surface area contributed by atoms with Gasteiger partial charge in [0.15, 0.2) is 5.16 Å². The summed E-state index contributed by atoms with van der Waals surface area (Å²) in [6, 6.07) is 18.1. The molecule has 4 rings (SSSR count). The minimum atomic E-state index is -4.33. The van der Waals surface area contributed by atoms with Crippen molar-refractivity contribution in [3.8, 4) is 5.75 Å². The Kier molecular flexibility index (Phi) is 10.3. The van der Waals surface area contributed by atoms with Gasteiger partial charge in [-0.15, -0.1) is 11.8 Å². The number of fused-ring (bicyclic) bond motifs is 1. The molecule has 0 fully saturated rings. The third kappa shape index (κ3) is 8.46. The van der Waals surface area contributed by atoms with Crippen LogP contribution in [0.2, 0.25) is 0 Å². The first-order chi connectivity index (χ1) is 18.8. The van der Waals surface area contributed by atoms with Gasteiger partial charge in [-0.05, 0) is 42.8 Å². The summed E-state index contributed by atoms with van der Waals surface area (Å²) in [7, 11) is 0. The average molecular weight is 578 g/mol. The summed E-state index contributed by atoms with van der Waals surface area (Å²) < 4.78 is 53.2. The Morgan fingerprint density at radius 3 is 2.49 bits per heavy atom. The summed E-state index contributed by atoms with van der Waals surface area (Å²) in [5.74, 6) is 1.55. The molecule has 0 aliphatic rings. The second-order valence-electron chi connectivity index (χ2n) is 8.20. The van der Waals surface area contributed by atoms with Gasteiger partial charge in [0, 0.05) is 22.6 Å². The van der Waals surface area contributed by atoms with Gasteiger partial charge in [-0.25, -0.2) is 14.3 Å². The molecule has 0 N–H and O–H groups in total. The van der Waals surface area contributed by atoms with Gasteiger partial charge >= 0.3 is 12.3 Å². The summed E-state index contributed by atoms with van der Waals surface area (Å²) in [5, 5.41) is 0.498. The Morgan fingerprint density at radius 1 is 0.949 bits per heavy atom. The van der Waals surface area contributed by atoms with E-state index in [4.69, 9.17) is 9.47 Å². The second kappa shape index (κ2) is 13.8. The number of hydrogen-bond donors (Lipinski definition) is 0. The number of pyridine rings is 1. The summed E-state index contributed by atoms with van der Waals surface area (Å²) in [5.41, 5.74) is 3.18. The van der Waals surface area contributed by atoms with Crippen LogP contribution in [0.4, 0.5) is 18.0 Å². The van der Waals surface area contributed by atoms with Crippen LogP contribution in [0.3, 0.4) is 0 Å². The van der Waals surface area contributed by atoms with Crippen LogP contribution < -0.4 is 4.74 Å². The molecule has 0 aliphatic heterocycles. The number of imidazole rings is 1. The van der Waals surface area contributed by atoms with Crippen molar-refractivity contribution < 1.29 is 32.2 Å². The van der Waals surface area contributed by atoms with E-state index < -0.39 is 18.9 Å². The summed E-state index contributed by atoms with van der Waals surface area (Å²) in [6.45, 7) is 1.07. The molecule has 0 saturated carbocycles. The third-order valence-electron chi connectivity index (χ3n) is 5.38. The summed E-state index contributed by atoms with van der Waals surface area (Å²) in [6.07, 6.45) is -3.15. The lowest BCUT2D eigenvalue weighted by atomic mass is 10.2. The van der Waals surface area contributed by atoms with E-state index in [0.29, 0.717) is 40.1 Å². The number of aromatic nitrogens is 3. The molecule has 7 nitrogen and oxygen atoms in total. The molecule has 0 atom stereocenters. The van der Waals surface area contributed by atoms with Gasteiger partial charge < -0.3 is 14.2 Å². The van der Waals surface area contributed by atoms with Crippen molar-refractivity contribution in [2.24, 2.45) is 0 Å². The van der Waals surface area contributed by atoms with Crippen molar-refractivity contribution >= 4 is 40.7 Å². The van der Waals surface area contributed by atoms with Crippen LogP contribution in [-0.2, 0) is 15.2 Å². The number of nitrogens with zero attached hydrogens (tertiary/aromatic N) is 3. The monoisotopic (exact) mass is 577 g/mol. The molecule has 206 valence electrons. The van der Waals surface area contributed by atoms with Gasteiger partial charge in [0.1, 0.15) is 12.4 Å². The first kappa shape index (κ1) is 28.9. The third-order valence-corrected chi connectivity index (χ3v) is 7.45. The lowest BCUT2D eigenvalue weighted by Gasteiger charge is -2.11. The standard InChI is InChI=1S/C27H26F3N3O4S2/c1-19-22(31-12-11-24(19)38-16-15-35-13-14-36-18-27(28,29)30)17-39-25-32-21-9-5-6-10-23(21)33(25)26(34)37-20-7-3-2-4-8-20/h2-12H,13-18H2,1H3. The number of hydrogen-bond acceptors (Lipinski definition) is 8. The highest BCUT2D eigenvalue weighted by Crippen LogP contribution is 2.30. The summed E-state index contributed by atoms with van der Waals surface area (Å²) >= 11 is 2.96. The number of carbonyl (C=O) groups is 1. The van der Waals surface area contributed by atoms with E-state index in [1.807, 2.05) is 43.3 Å². The Labute approximate surface area is 232 Å². The number of ether oxygens (including phenoxy) is 3. The molecule has 0 bridgehead atoms. The molecule has 39 heavy (non-hydrogen) atoms. The lowest BCUT2D eigenvalue weighted by Crippen LogP contribution is -2.19. The van der Waals surface area contributed by atoms with E-state index in [0.717, 1.165) is 16.2 Å². The maximum atomic E-state index is 13.1. The van der Waals surface area contributed by atoms with Crippen molar-refractivity contribution in [3.63, 3.8) is 0 Å². The molecule has 0 radical (unpaired) electrons. The first-order valence-corrected chi connectivity index (χ1v) is 14.0. The number of rotatable bonds is 12. The van der Waals surface area contributed by atoms with Crippen molar-refractivity contribution in [3.05, 3.63) is 78.1 Å². The van der Waals surface area contributed by atoms with Crippen molar-refractivity contribution in [2.45, 2.75) is 28.9 Å². The minimum Gasteiger partial charge on any atom is -0.410 e. The van der Waals surface area contributed by atoms with Gasteiger partial charge in [0.05, 0.1) is 36.5 Å². The van der Waals surface area contributed by atoms with Crippen LogP contribution in [-0.4, -0.2) is 59.0 Å². The SMILES string of the molecule is Cc1c(SCCOCCOCC(F)(F)F)ccnc1CSc1nc2ccccc2n1C(=O)Oc1ccccc1. The molecule has 4 aromatic rings. The van der Waals surface area contributed by atoms with Crippen LogP contribution in [0, 0.1) is 6.92 Å². The van der Waals surface area contributed by atoms with Crippen molar-refractivity contribution in [2.75, 3.05) is 32.2 Å². The van der Waals surface area contributed by atoms with Gasteiger partial charge in [-0.1, -0.05) is 42.1 Å². The highest BCUT2D eigenvalue weighted by molar-refractivity contribution is 7.99. The quantitative estimate of drug-likeness (QED) is 0.135. The van der Waals surface area contributed by atoms with Gasteiger partial charge in [0.25, 0.3) is 0 Å². The molecule has 2 aromatic heterocycles. The molecule has 12 heteroatoms. The molecule has 0 saturated heterocycles. The average Bonchev–Trinajstić information content (AvgIpc) is 3.29. The summed E-state index contributed by atoms with van der Waals surface area (Å²) in [4.78, 5) is 23.3. The van der Waals surface area contributed by atoms with E-state index in [2.05, 4.69) is 14.7 Å². The molecular formula is C27H26F3N3O4S2. The van der Waals surface area contributed by atoms with Crippen LogP contribution >= 0.6 is 23.5 Å². The van der Waals surface area contributed by atoms with Crippen LogP contribution in [0.1, 0.15) is 11.3 Å². The predicted octanol–water partition coefficient (Wildman–Crippen LogP) is 6.77. The van der Waals surface area contributed by atoms with Crippen LogP contribution in [0.15, 0.2) is 76.9 Å². The Morgan fingerprint density at radius 2 is 1.69 bits per heavy atom. The molecule has 0 aliphatic carbocycles. The number of halogens is 3. The Bertz CT molecular complexity index is 1380. The maximum absolute atomic E-state index is 13.1. The molecule has 0 spiro atoms. The topological polar surface area (TPSA) is 75.5 Å². The van der Waals surface area contributed by atoms with Crippen LogP contribution in [0.5, 0.6) is 5.75 Å². The van der Waals surface area contributed by atoms with E-state index in [1.165, 1.54) is 16.3 Å². The van der Waals surface area contributed by atoms with E-state index in [9.17, 15) is 18.0 Å². The molecule has 0 unspecified atom stereocenters. The van der Waals surface area contributed by atoms with Gasteiger partial charge in [0.2, 0.25) is 0 Å². The molecular weight excluding hydrogens is 551 g/mol. The molecule has 2 aromatic carbocycles. The predicted molar refractivity (Wildman–Crippen MR) is 145 cm³/mol. The van der Waals surface area contributed by atoms with Crippen molar-refractivity contribution in [1.29, 1.82) is 0 Å². The zero-order chi connectivity index (χ0) is 27.7. The van der Waals surface area contributed by atoms with E-state index in [-0.39, 0.29) is 13.2 Å². The normalized spacial score (nSPS) is 11.7. The van der Waals surface area contributed by atoms with Gasteiger partial charge in [-0.2, -0.15) is 13.2 Å². The highest BCUT2D eigenvalue weighted by Gasteiger charge is 2.27. The number of thioether (sulfide) groups is 2. The second-order valence-corrected chi connectivity index (χ2v) is 10.3. The van der Waals surface area contributed by atoms with Gasteiger partial charge in [-0.3, -0.25) is 4.98 Å². The lowest BCUT2D eigenvalue weighted by molar-refractivity contribution is -0.176. The maximum Gasteiger partial charge on any atom is 0.426 e. The minimum absolute atomic E-state index is 0.0988. The fourth-order valence-electron chi connectivity index (χ4n) is 3.52. The Balaban J connectivity index is 1.35.